The van der Waals surface area contributed by atoms with Crippen molar-refractivity contribution in [3.05, 3.63) is 46.5 Å². The van der Waals surface area contributed by atoms with Crippen molar-refractivity contribution in [3.63, 3.8) is 0 Å². The molecule has 0 bridgehead atoms. The van der Waals surface area contributed by atoms with E-state index in [4.69, 9.17) is 11.6 Å². The molecule has 0 amide bonds. The van der Waals surface area contributed by atoms with E-state index in [1.165, 1.54) is 0 Å². The molecule has 1 N–H and O–H groups in total. The number of rotatable bonds is 4. The van der Waals surface area contributed by atoms with Crippen molar-refractivity contribution in [1.29, 1.82) is 0 Å². The Bertz CT molecular complexity index is 539. The van der Waals surface area contributed by atoms with Crippen LogP contribution in [-0.2, 0) is 6.54 Å². The van der Waals surface area contributed by atoms with Gasteiger partial charge in [-0.3, -0.25) is 9.67 Å². The largest absolute Gasteiger partial charge is 0.382 e. The maximum absolute atomic E-state index is 10.4. The highest BCUT2D eigenvalue weighted by molar-refractivity contribution is 6.31. The Morgan fingerprint density at radius 1 is 1.50 bits per heavy atom. The lowest BCUT2D eigenvalue weighted by molar-refractivity contribution is 0.207. The van der Waals surface area contributed by atoms with Crippen LogP contribution in [0.25, 0.3) is 0 Å². The van der Waals surface area contributed by atoms with Gasteiger partial charge in [-0.1, -0.05) is 18.5 Å². The second-order valence-electron chi connectivity index (χ2n) is 4.23. The standard InChI is InChI=1S/C13H16ClN3O/c1-3-6-17-12(11(14)8-16-17)13(18)10-4-5-15-9(2)7-10/h4-5,7-8,13,18H,3,6H2,1-2H3. The highest BCUT2D eigenvalue weighted by Crippen LogP contribution is 2.28. The molecule has 2 heterocycles. The third-order valence-electron chi connectivity index (χ3n) is 2.76. The Labute approximate surface area is 111 Å². The molecule has 0 aliphatic rings. The Hall–Kier alpha value is -1.39. The summed E-state index contributed by atoms with van der Waals surface area (Å²) in [5.74, 6) is 0. The summed E-state index contributed by atoms with van der Waals surface area (Å²) in [6, 6.07) is 3.64. The smallest absolute Gasteiger partial charge is 0.122 e. The van der Waals surface area contributed by atoms with E-state index in [0.717, 1.165) is 24.2 Å². The van der Waals surface area contributed by atoms with Gasteiger partial charge in [0.15, 0.2) is 0 Å². The molecule has 5 heteroatoms. The van der Waals surface area contributed by atoms with Crippen LogP contribution in [0.4, 0.5) is 0 Å². The van der Waals surface area contributed by atoms with Gasteiger partial charge in [0.25, 0.3) is 0 Å². The third-order valence-corrected chi connectivity index (χ3v) is 3.06. The van der Waals surface area contributed by atoms with Gasteiger partial charge < -0.3 is 5.11 Å². The Balaban J connectivity index is 2.39. The zero-order chi connectivity index (χ0) is 13.1. The zero-order valence-corrected chi connectivity index (χ0v) is 11.2. The lowest BCUT2D eigenvalue weighted by Crippen LogP contribution is -2.10. The number of aryl methyl sites for hydroxylation is 2. The van der Waals surface area contributed by atoms with E-state index in [1.54, 1.807) is 23.1 Å². The number of hydrogen-bond acceptors (Lipinski definition) is 3. The number of aromatic nitrogens is 3. The number of aliphatic hydroxyl groups is 1. The summed E-state index contributed by atoms with van der Waals surface area (Å²) in [7, 11) is 0. The topological polar surface area (TPSA) is 50.9 Å². The van der Waals surface area contributed by atoms with Gasteiger partial charge in [0.1, 0.15) is 6.10 Å². The molecule has 0 aromatic carbocycles. The molecule has 1 atom stereocenters. The minimum atomic E-state index is -0.770. The molecule has 2 rings (SSSR count). The van der Waals surface area contributed by atoms with Crippen LogP contribution in [0, 0.1) is 6.92 Å². The molecule has 0 aliphatic heterocycles. The van der Waals surface area contributed by atoms with Gasteiger partial charge in [-0.15, -0.1) is 0 Å². The fraction of sp³-hybridized carbons (Fsp3) is 0.385. The second-order valence-corrected chi connectivity index (χ2v) is 4.64. The highest BCUT2D eigenvalue weighted by Gasteiger charge is 2.19. The predicted molar refractivity (Wildman–Crippen MR) is 70.6 cm³/mol. The zero-order valence-electron chi connectivity index (χ0n) is 10.5. The number of nitrogens with zero attached hydrogens (tertiary/aromatic N) is 3. The van der Waals surface area contributed by atoms with E-state index in [-0.39, 0.29) is 0 Å². The van der Waals surface area contributed by atoms with Crippen LogP contribution in [0.2, 0.25) is 5.02 Å². The van der Waals surface area contributed by atoms with Crippen LogP contribution in [0.1, 0.15) is 36.4 Å². The molecule has 1 unspecified atom stereocenters. The van der Waals surface area contributed by atoms with Gasteiger partial charge in [-0.25, -0.2) is 0 Å². The Morgan fingerprint density at radius 3 is 2.94 bits per heavy atom. The summed E-state index contributed by atoms with van der Waals surface area (Å²) < 4.78 is 1.75. The highest BCUT2D eigenvalue weighted by atomic mass is 35.5. The fourth-order valence-corrected chi connectivity index (χ4v) is 2.17. The fourth-order valence-electron chi connectivity index (χ4n) is 1.93. The summed E-state index contributed by atoms with van der Waals surface area (Å²) in [5.41, 5.74) is 2.29. The normalized spacial score (nSPS) is 12.7. The maximum atomic E-state index is 10.4. The van der Waals surface area contributed by atoms with E-state index in [2.05, 4.69) is 17.0 Å². The average Bonchev–Trinajstić information content (AvgIpc) is 2.70. The van der Waals surface area contributed by atoms with Crippen molar-refractivity contribution in [1.82, 2.24) is 14.8 Å². The quantitative estimate of drug-likeness (QED) is 0.925. The number of hydrogen-bond donors (Lipinski definition) is 1. The van der Waals surface area contributed by atoms with Crippen LogP contribution in [0.5, 0.6) is 0 Å². The summed E-state index contributed by atoms with van der Waals surface area (Å²) in [6.07, 6.45) is 3.42. The molecule has 18 heavy (non-hydrogen) atoms. The van der Waals surface area contributed by atoms with Gasteiger partial charge in [0.05, 0.1) is 16.9 Å². The first-order valence-electron chi connectivity index (χ1n) is 5.95. The molecule has 2 aromatic rings. The first kappa shape index (κ1) is 13.1. The van der Waals surface area contributed by atoms with Gasteiger partial charge >= 0.3 is 0 Å². The minimum Gasteiger partial charge on any atom is -0.382 e. The molecule has 0 aliphatic carbocycles. The van der Waals surface area contributed by atoms with Gasteiger partial charge in [0.2, 0.25) is 0 Å². The lowest BCUT2D eigenvalue weighted by atomic mass is 10.1. The van der Waals surface area contributed by atoms with Crippen molar-refractivity contribution >= 4 is 11.6 Å². The van der Waals surface area contributed by atoms with Crippen LogP contribution in [0.3, 0.4) is 0 Å². The Morgan fingerprint density at radius 2 is 2.28 bits per heavy atom. The van der Waals surface area contributed by atoms with Crippen LogP contribution >= 0.6 is 11.6 Å². The summed E-state index contributed by atoms with van der Waals surface area (Å²) >= 11 is 6.11. The van der Waals surface area contributed by atoms with Crippen molar-refractivity contribution in [2.24, 2.45) is 0 Å². The molecule has 4 nitrogen and oxygen atoms in total. The number of aliphatic hydroxyl groups excluding tert-OH is 1. The summed E-state index contributed by atoms with van der Waals surface area (Å²) in [6.45, 7) is 4.69. The number of pyridine rings is 1. The average molecular weight is 266 g/mol. The predicted octanol–water partition coefficient (Wildman–Crippen LogP) is 2.73. The van der Waals surface area contributed by atoms with Crippen LogP contribution in [0.15, 0.2) is 24.5 Å². The molecule has 0 fully saturated rings. The molecule has 0 saturated heterocycles. The minimum absolute atomic E-state index is 0.491. The molecule has 96 valence electrons. The van der Waals surface area contributed by atoms with Gasteiger partial charge in [-0.05, 0) is 31.0 Å². The lowest BCUT2D eigenvalue weighted by Gasteiger charge is -2.14. The van der Waals surface area contributed by atoms with Crippen LogP contribution < -0.4 is 0 Å². The van der Waals surface area contributed by atoms with Crippen molar-refractivity contribution in [2.45, 2.75) is 32.9 Å². The maximum Gasteiger partial charge on any atom is 0.122 e. The van der Waals surface area contributed by atoms with Gasteiger partial charge in [-0.2, -0.15) is 5.10 Å². The first-order valence-corrected chi connectivity index (χ1v) is 6.33. The molecule has 2 aromatic heterocycles. The van der Waals surface area contributed by atoms with E-state index in [9.17, 15) is 5.11 Å². The van der Waals surface area contributed by atoms with Crippen LogP contribution in [-0.4, -0.2) is 19.9 Å². The van der Waals surface area contributed by atoms with E-state index >= 15 is 0 Å². The van der Waals surface area contributed by atoms with E-state index < -0.39 is 6.10 Å². The third kappa shape index (κ3) is 2.54. The first-order chi connectivity index (χ1) is 8.63. The van der Waals surface area contributed by atoms with E-state index in [1.807, 2.05) is 13.0 Å². The summed E-state index contributed by atoms with van der Waals surface area (Å²) in [4.78, 5) is 4.12. The second kappa shape index (κ2) is 5.50. The van der Waals surface area contributed by atoms with Crippen molar-refractivity contribution in [3.8, 4) is 0 Å². The molecule has 0 spiro atoms. The van der Waals surface area contributed by atoms with Gasteiger partial charge in [0, 0.05) is 18.4 Å². The van der Waals surface area contributed by atoms with E-state index in [0.29, 0.717) is 10.7 Å². The summed E-state index contributed by atoms with van der Waals surface area (Å²) in [5, 5.41) is 15.1. The van der Waals surface area contributed by atoms with Crippen molar-refractivity contribution < 1.29 is 5.11 Å². The Kier molecular flexibility index (Phi) is 3.99. The SMILES string of the molecule is CCCn1ncc(Cl)c1C(O)c1ccnc(C)c1. The van der Waals surface area contributed by atoms with Crippen molar-refractivity contribution in [2.75, 3.05) is 0 Å². The number of halogens is 1. The molecule has 0 saturated carbocycles. The monoisotopic (exact) mass is 265 g/mol. The molecule has 0 radical (unpaired) electrons. The molecular weight excluding hydrogens is 250 g/mol. The molecular formula is C13H16ClN3O.